The van der Waals surface area contributed by atoms with E-state index in [9.17, 15) is 22.8 Å². The van der Waals surface area contributed by atoms with Crippen LogP contribution in [0.4, 0.5) is 13.2 Å². The molecule has 1 amide bonds. The Labute approximate surface area is 153 Å². The smallest absolute Gasteiger partial charge is 0.493 e. The second kappa shape index (κ2) is 9.42. The predicted molar refractivity (Wildman–Crippen MR) is 86.7 cm³/mol. The van der Waals surface area contributed by atoms with E-state index in [2.05, 4.69) is 10.6 Å². The number of alkyl halides is 3. The second-order valence-electron chi connectivity index (χ2n) is 5.61. The number of aliphatic carboxylic acids is 1. The van der Waals surface area contributed by atoms with Crippen molar-refractivity contribution in [1.29, 1.82) is 0 Å². The molecule has 0 radical (unpaired) electrons. The largest absolute Gasteiger partial charge is 0.573 e. The van der Waals surface area contributed by atoms with Crippen molar-refractivity contribution in [2.24, 2.45) is 5.90 Å². The fourth-order valence-corrected chi connectivity index (χ4v) is 2.72. The summed E-state index contributed by atoms with van der Waals surface area (Å²) in [5.74, 6) is 1.00. The van der Waals surface area contributed by atoms with Gasteiger partial charge in [-0.25, -0.2) is 10.7 Å². The van der Waals surface area contributed by atoms with Crippen molar-refractivity contribution in [3.8, 4) is 11.5 Å². The molecule has 27 heavy (non-hydrogen) atoms. The zero-order chi connectivity index (χ0) is 20.8. The van der Waals surface area contributed by atoms with Crippen LogP contribution in [0.2, 0.25) is 0 Å². The Kier molecular flexibility index (Phi) is 7.85. The fraction of sp³-hybridized carbons (Fsp3) is 0.500. The highest BCUT2D eigenvalue weighted by Gasteiger charge is 2.39. The Morgan fingerprint density at radius 1 is 1.33 bits per heavy atom. The molecule has 0 unspecified atom stereocenters. The molecule has 0 spiro atoms. The van der Waals surface area contributed by atoms with Crippen molar-refractivity contribution in [1.82, 2.24) is 4.90 Å². The molecule has 11 heteroatoms. The standard InChI is InChI=1S/C16H18F3NO5.H3NO/c1-3-4-9-7-10(14(21)20-6-5-11(20)15(22)23)8-12(13(9)24-2)25-16(17,18)19;1-2/h7-8,11H,3-6H2,1-2H3,(H,22,23);2H,1H2/t11-;/m1./s1. The maximum Gasteiger partial charge on any atom is 0.573 e. The highest BCUT2D eigenvalue weighted by atomic mass is 19.4. The Morgan fingerprint density at radius 3 is 2.37 bits per heavy atom. The van der Waals surface area contributed by atoms with E-state index >= 15 is 0 Å². The minimum atomic E-state index is -4.95. The molecular formula is C16H21F3N2O6. The quantitative estimate of drug-likeness (QED) is 0.632. The van der Waals surface area contributed by atoms with Gasteiger partial charge in [-0.3, -0.25) is 4.79 Å². The molecule has 2 rings (SSSR count). The summed E-state index contributed by atoms with van der Waals surface area (Å²) in [5.41, 5.74) is 0.331. The lowest BCUT2D eigenvalue weighted by atomic mass is 9.99. The average Bonchev–Trinajstić information content (AvgIpc) is 2.53. The number of rotatable bonds is 6. The van der Waals surface area contributed by atoms with Crippen molar-refractivity contribution >= 4 is 11.9 Å². The maximum absolute atomic E-state index is 12.7. The summed E-state index contributed by atoms with van der Waals surface area (Å²) < 4.78 is 47.0. The van der Waals surface area contributed by atoms with Crippen LogP contribution in [0.25, 0.3) is 0 Å². The van der Waals surface area contributed by atoms with Crippen molar-refractivity contribution in [3.63, 3.8) is 0 Å². The number of nitrogens with two attached hydrogens (primary N) is 1. The van der Waals surface area contributed by atoms with Crippen LogP contribution in [0.1, 0.15) is 35.7 Å². The molecule has 0 aliphatic carbocycles. The van der Waals surface area contributed by atoms with Crippen LogP contribution in [0.5, 0.6) is 11.5 Å². The summed E-state index contributed by atoms with van der Waals surface area (Å²) in [6.45, 7) is 2.06. The van der Waals surface area contributed by atoms with Gasteiger partial charge >= 0.3 is 12.3 Å². The van der Waals surface area contributed by atoms with E-state index in [-0.39, 0.29) is 17.9 Å². The van der Waals surface area contributed by atoms with Gasteiger partial charge in [-0.15, -0.1) is 13.2 Å². The van der Waals surface area contributed by atoms with E-state index in [1.165, 1.54) is 13.2 Å². The Balaban J connectivity index is 0.00000176. The molecule has 8 nitrogen and oxygen atoms in total. The van der Waals surface area contributed by atoms with Gasteiger partial charge in [-0.05, 0) is 30.5 Å². The summed E-state index contributed by atoms with van der Waals surface area (Å²) in [6.07, 6.45) is -3.65. The van der Waals surface area contributed by atoms with Gasteiger partial charge in [0.2, 0.25) is 0 Å². The minimum Gasteiger partial charge on any atom is -0.493 e. The summed E-state index contributed by atoms with van der Waals surface area (Å²) >= 11 is 0. The van der Waals surface area contributed by atoms with Gasteiger partial charge in [-0.2, -0.15) is 0 Å². The zero-order valence-corrected chi connectivity index (χ0v) is 14.7. The molecule has 0 bridgehead atoms. The minimum absolute atomic E-state index is 0.0607. The first-order valence-corrected chi connectivity index (χ1v) is 7.94. The third-order valence-corrected chi connectivity index (χ3v) is 3.89. The van der Waals surface area contributed by atoms with Crippen LogP contribution in [0.3, 0.4) is 0 Å². The summed E-state index contributed by atoms with van der Waals surface area (Å²) in [7, 11) is 1.22. The lowest BCUT2D eigenvalue weighted by Crippen LogP contribution is -2.55. The fourth-order valence-electron chi connectivity index (χ4n) is 2.72. The van der Waals surface area contributed by atoms with Crippen LogP contribution in [0.15, 0.2) is 12.1 Å². The predicted octanol–water partition coefficient (Wildman–Crippen LogP) is 2.18. The maximum atomic E-state index is 12.7. The van der Waals surface area contributed by atoms with Gasteiger partial charge in [-0.1, -0.05) is 13.3 Å². The molecule has 1 atom stereocenters. The van der Waals surface area contributed by atoms with E-state index < -0.39 is 30.0 Å². The van der Waals surface area contributed by atoms with Crippen LogP contribution in [0, 0.1) is 0 Å². The number of amides is 1. The lowest BCUT2D eigenvalue weighted by Gasteiger charge is -2.38. The number of likely N-dealkylation sites (tertiary alicyclic amines) is 1. The average molecular weight is 394 g/mol. The molecule has 0 saturated carbocycles. The number of aryl methyl sites for hydroxylation is 1. The van der Waals surface area contributed by atoms with Gasteiger partial charge in [0.1, 0.15) is 6.04 Å². The number of methoxy groups -OCH3 is 1. The second-order valence-corrected chi connectivity index (χ2v) is 5.61. The first kappa shape index (κ1) is 22.5. The van der Waals surface area contributed by atoms with Crippen molar-refractivity contribution in [2.75, 3.05) is 13.7 Å². The molecule has 1 fully saturated rings. The van der Waals surface area contributed by atoms with E-state index in [0.29, 0.717) is 24.8 Å². The van der Waals surface area contributed by atoms with Gasteiger partial charge < -0.3 is 24.7 Å². The van der Waals surface area contributed by atoms with Crippen LogP contribution in [-0.4, -0.2) is 53.1 Å². The molecular weight excluding hydrogens is 373 g/mol. The molecule has 1 heterocycles. The SMILES string of the molecule is CCCc1cc(C(=O)N2CC[C@@H]2C(=O)O)cc(OC(F)(F)F)c1OC.NO. The summed E-state index contributed by atoms with van der Waals surface area (Å²) in [5, 5.41) is 15.5. The molecule has 1 aliphatic heterocycles. The molecule has 1 aromatic carbocycles. The zero-order valence-electron chi connectivity index (χ0n) is 14.7. The van der Waals surface area contributed by atoms with Crippen molar-refractivity contribution in [2.45, 2.75) is 38.6 Å². The number of carbonyl (C=O) groups excluding carboxylic acids is 1. The first-order valence-electron chi connectivity index (χ1n) is 7.94. The highest BCUT2D eigenvalue weighted by molar-refractivity contribution is 5.98. The number of nitrogens with zero attached hydrogens (tertiary/aromatic N) is 1. The number of carboxylic acids is 1. The van der Waals surface area contributed by atoms with E-state index in [0.717, 1.165) is 11.0 Å². The first-order chi connectivity index (χ1) is 12.7. The van der Waals surface area contributed by atoms with Crippen LogP contribution in [-0.2, 0) is 11.2 Å². The van der Waals surface area contributed by atoms with Gasteiger partial charge in [0.05, 0.1) is 7.11 Å². The van der Waals surface area contributed by atoms with E-state index in [1.807, 2.05) is 6.92 Å². The van der Waals surface area contributed by atoms with Gasteiger partial charge in [0.25, 0.3) is 5.91 Å². The Hall–Kier alpha value is -2.53. The molecule has 1 aliphatic rings. The van der Waals surface area contributed by atoms with Gasteiger partial charge in [0, 0.05) is 12.1 Å². The third-order valence-electron chi connectivity index (χ3n) is 3.89. The number of benzene rings is 1. The molecule has 1 saturated heterocycles. The number of ether oxygens (including phenoxy) is 2. The van der Waals surface area contributed by atoms with Crippen LogP contribution < -0.4 is 15.4 Å². The number of hydrogen-bond acceptors (Lipinski definition) is 6. The van der Waals surface area contributed by atoms with E-state index in [4.69, 9.17) is 15.1 Å². The highest BCUT2D eigenvalue weighted by Crippen LogP contribution is 2.38. The normalized spacial score (nSPS) is 16.0. The lowest BCUT2D eigenvalue weighted by molar-refractivity contribution is -0.275. The number of halogens is 3. The molecule has 152 valence electrons. The summed E-state index contributed by atoms with van der Waals surface area (Å²) in [4.78, 5) is 24.7. The Bertz CT molecular complexity index is 681. The third kappa shape index (κ3) is 5.47. The summed E-state index contributed by atoms with van der Waals surface area (Å²) in [6, 6.07) is 1.40. The van der Waals surface area contributed by atoms with Gasteiger partial charge in [0.15, 0.2) is 11.5 Å². The van der Waals surface area contributed by atoms with Crippen LogP contribution >= 0.6 is 0 Å². The van der Waals surface area contributed by atoms with Crippen molar-refractivity contribution < 1.29 is 42.5 Å². The number of carbonyl (C=O) groups is 2. The van der Waals surface area contributed by atoms with E-state index in [1.54, 1.807) is 0 Å². The number of carboxylic acid groups (broad SMARTS) is 1. The Morgan fingerprint density at radius 2 is 1.96 bits per heavy atom. The van der Waals surface area contributed by atoms with Crippen molar-refractivity contribution in [3.05, 3.63) is 23.3 Å². The number of hydrogen-bond donors (Lipinski definition) is 3. The monoisotopic (exact) mass is 394 g/mol. The molecule has 0 aromatic heterocycles. The molecule has 1 aromatic rings. The topological polar surface area (TPSA) is 122 Å². The molecule has 4 N–H and O–H groups in total.